The second-order valence-electron chi connectivity index (χ2n) is 5.54. The van der Waals surface area contributed by atoms with Gasteiger partial charge in [0.15, 0.2) is 0 Å². The van der Waals surface area contributed by atoms with E-state index < -0.39 is 0 Å². The molecule has 1 aromatic heterocycles. The number of hydrogen-bond donors (Lipinski definition) is 1. The van der Waals surface area contributed by atoms with Crippen LogP contribution < -0.4 is 10.2 Å². The van der Waals surface area contributed by atoms with Crippen LogP contribution in [0.4, 0.5) is 11.5 Å². The van der Waals surface area contributed by atoms with Gasteiger partial charge in [-0.25, -0.2) is 4.98 Å². The highest BCUT2D eigenvalue weighted by Gasteiger charge is 2.19. The van der Waals surface area contributed by atoms with Crippen molar-refractivity contribution in [1.82, 2.24) is 9.88 Å². The third-order valence-corrected chi connectivity index (χ3v) is 3.59. The number of nitrogens with one attached hydrogen (secondary N) is 1. The number of aromatic nitrogens is 1. The Bertz CT molecular complexity index is 505. The number of nitrogens with zero attached hydrogens (tertiary/aromatic N) is 3. The molecule has 0 bridgehead atoms. The van der Waals surface area contributed by atoms with Gasteiger partial charge in [-0.1, -0.05) is 13.8 Å². The van der Waals surface area contributed by atoms with Gasteiger partial charge in [-0.15, -0.1) is 0 Å². The fraction of sp³-hybridized carbons (Fsp3) is 0.533. The van der Waals surface area contributed by atoms with E-state index in [0.29, 0.717) is 5.69 Å². The second kappa shape index (κ2) is 6.56. The number of hydrogen-bond acceptors (Lipinski definition) is 4. The quantitative estimate of drug-likeness (QED) is 0.912. The largest absolute Gasteiger partial charge is 0.353 e. The lowest BCUT2D eigenvalue weighted by Crippen LogP contribution is -2.48. The maximum Gasteiger partial charge on any atom is 0.226 e. The summed E-state index contributed by atoms with van der Waals surface area (Å²) in [7, 11) is 0. The van der Waals surface area contributed by atoms with E-state index in [1.165, 1.54) is 0 Å². The van der Waals surface area contributed by atoms with Gasteiger partial charge in [0, 0.05) is 39.0 Å². The molecule has 0 radical (unpaired) electrons. The molecule has 114 valence electrons. The fourth-order valence-corrected chi connectivity index (χ4v) is 2.18. The summed E-state index contributed by atoms with van der Waals surface area (Å²) in [6, 6.07) is 3.76. The lowest BCUT2D eigenvalue weighted by atomic mass is 10.2. The second-order valence-corrected chi connectivity index (χ2v) is 5.54. The van der Waals surface area contributed by atoms with Crippen molar-refractivity contribution in [3.05, 3.63) is 18.3 Å². The first-order valence-electron chi connectivity index (χ1n) is 7.24. The van der Waals surface area contributed by atoms with E-state index in [-0.39, 0.29) is 17.7 Å². The number of anilines is 2. The van der Waals surface area contributed by atoms with Gasteiger partial charge in [-0.2, -0.15) is 0 Å². The van der Waals surface area contributed by atoms with Crippen molar-refractivity contribution in [2.75, 3.05) is 36.4 Å². The first-order chi connectivity index (χ1) is 9.97. The number of piperazine rings is 1. The van der Waals surface area contributed by atoms with Gasteiger partial charge in [0.05, 0.1) is 11.9 Å². The van der Waals surface area contributed by atoms with Crippen LogP contribution in [0.2, 0.25) is 0 Å². The molecule has 1 fully saturated rings. The van der Waals surface area contributed by atoms with Crippen molar-refractivity contribution in [2.24, 2.45) is 5.92 Å². The van der Waals surface area contributed by atoms with Crippen molar-refractivity contribution in [2.45, 2.75) is 20.8 Å². The zero-order valence-electron chi connectivity index (χ0n) is 12.8. The number of amides is 2. The molecule has 2 heterocycles. The van der Waals surface area contributed by atoms with Crippen LogP contribution in [0.1, 0.15) is 20.8 Å². The smallest absolute Gasteiger partial charge is 0.226 e. The molecule has 0 aromatic carbocycles. The molecule has 0 atom stereocenters. The van der Waals surface area contributed by atoms with Gasteiger partial charge in [0.25, 0.3) is 0 Å². The average molecular weight is 290 g/mol. The summed E-state index contributed by atoms with van der Waals surface area (Å²) in [5.74, 6) is 0.930. The lowest BCUT2D eigenvalue weighted by molar-refractivity contribution is -0.129. The van der Waals surface area contributed by atoms with Crippen LogP contribution in [0.15, 0.2) is 18.3 Å². The molecular formula is C15H22N4O2. The number of carbonyl (C=O) groups excluding carboxylic acids is 2. The third kappa shape index (κ3) is 3.93. The highest BCUT2D eigenvalue weighted by Crippen LogP contribution is 2.16. The SMILES string of the molecule is CC(=O)N1CCN(c2ccc(NC(=O)C(C)C)cn2)CC1. The van der Waals surface area contributed by atoms with E-state index in [9.17, 15) is 9.59 Å². The molecule has 2 amide bonds. The highest BCUT2D eigenvalue weighted by atomic mass is 16.2. The summed E-state index contributed by atoms with van der Waals surface area (Å²) >= 11 is 0. The zero-order chi connectivity index (χ0) is 15.4. The number of carbonyl (C=O) groups is 2. The van der Waals surface area contributed by atoms with Crippen molar-refractivity contribution in [1.29, 1.82) is 0 Å². The Balaban J connectivity index is 1.94. The average Bonchev–Trinajstić information content (AvgIpc) is 2.48. The summed E-state index contributed by atoms with van der Waals surface area (Å²) in [5, 5.41) is 2.82. The summed E-state index contributed by atoms with van der Waals surface area (Å²) in [6.45, 7) is 8.32. The highest BCUT2D eigenvalue weighted by molar-refractivity contribution is 5.91. The molecule has 6 heteroatoms. The van der Waals surface area contributed by atoms with Crippen LogP contribution in [0, 0.1) is 5.92 Å². The summed E-state index contributed by atoms with van der Waals surface area (Å²) < 4.78 is 0. The first-order valence-corrected chi connectivity index (χ1v) is 7.24. The van der Waals surface area contributed by atoms with E-state index in [1.54, 1.807) is 13.1 Å². The Hall–Kier alpha value is -2.11. The van der Waals surface area contributed by atoms with Crippen LogP contribution >= 0.6 is 0 Å². The summed E-state index contributed by atoms with van der Waals surface area (Å²) in [6.07, 6.45) is 1.67. The number of rotatable bonds is 3. The van der Waals surface area contributed by atoms with Crippen molar-refractivity contribution >= 4 is 23.3 Å². The van der Waals surface area contributed by atoms with Gasteiger partial charge < -0.3 is 15.1 Å². The van der Waals surface area contributed by atoms with E-state index in [2.05, 4.69) is 15.2 Å². The van der Waals surface area contributed by atoms with E-state index in [0.717, 1.165) is 32.0 Å². The van der Waals surface area contributed by atoms with Gasteiger partial charge >= 0.3 is 0 Å². The summed E-state index contributed by atoms with van der Waals surface area (Å²) in [5.41, 5.74) is 0.708. The minimum Gasteiger partial charge on any atom is -0.353 e. The Kier molecular flexibility index (Phi) is 4.77. The van der Waals surface area contributed by atoms with Gasteiger partial charge in [0.1, 0.15) is 5.82 Å². The molecule has 1 saturated heterocycles. The Labute approximate surface area is 125 Å². The minimum atomic E-state index is -0.0515. The molecule has 1 aromatic rings. The zero-order valence-corrected chi connectivity index (χ0v) is 12.8. The predicted octanol–water partition coefficient (Wildman–Crippen LogP) is 1.34. The van der Waals surface area contributed by atoms with Crippen LogP contribution in [0.3, 0.4) is 0 Å². The Morgan fingerprint density at radius 1 is 1.19 bits per heavy atom. The monoisotopic (exact) mass is 290 g/mol. The van der Waals surface area contributed by atoms with Crippen LogP contribution in [-0.2, 0) is 9.59 Å². The van der Waals surface area contributed by atoms with E-state index in [1.807, 2.05) is 30.9 Å². The molecule has 0 aliphatic carbocycles. The molecule has 2 rings (SSSR count). The third-order valence-electron chi connectivity index (χ3n) is 3.59. The molecular weight excluding hydrogens is 268 g/mol. The molecule has 6 nitrogen and oxygen atoms in total. The van der Waals surface area contributed by atoms with Crippen molar-refractivity contribution < 1.29 is 9.59 Å². The minimum absolute atomic E-state index is 0.0142. The van der Waals surface area contributed by atoms with Crippen LogP contribution in [0.5, 0.6) is 0 Å². The van der Waals surface area contributed by atoms with E-state index in [4.69, 9.17) is 0 Å². The van der Waals surface area contributed by atoms with Crippen LogP contribution in [-0.4, -0.2) is 47.9 Å². The van der Waals surface area contributed by atoms with Gasteiger partial charge in [0.2, 0.25) is 11.8 Å². The molecule has 21 heavy (non-hydrogen) atoms. The maximum atomic E-state index is 11.6. The summed E-state index contributed by atoms with van der Waals surface area (Å²) in [4.78, 5) is 31.3. The molecule has 0 unspecified atom stereocenters. The molecule has 1 aliphatic heterocycles. The molecule has 1 N–H and O–H groups in total. The Morgan fingerprint density at radius 2 is 1.86 bits per heavy atom. The van der Waals surface area contributed by atoms with Crippen LogP contribution in [0.25, 0.3) is 0 Å². The van der Waals surface area contributed by atoms with Gasteiger partial charge in [-0.05, 0) is 12.1 Å². The number of pyridine rings is 1. The topological polar surface area (TPSA) is 65.5 Å². The standard InChI is InChI=1S/C15H22N4O2/c1-11(2)15(21)17-13-4-5-14(16-10-13)19-8-6-18(7-9-19)12(3)20/h4-5,10-11H,6-9H2,1-3H3,(H,17,21). The van der Waals surface area contributed by atoms with Crippen molar-refractivity contribution in [3.8, 4) is 0 Å². The Morgan fingerprint density at radius 3 is 2.33 bits per heavy atom. The molecule has 1 aliphatic rings. The lowest BCUT2D eigenvalue weighted by Gasteiger charge is -2.34. The predicted molar refractivity (Wildman–Crippen MR) is 82.2 cm³/mol. The van der Waals surface area contributed by atoms with Crippen molar-refractivity contribution in [3.63, 3.8) is 0 Å². The normalized spacial score (nSPS) is 15.2. The maximum absolute atomic E-state index is 11.6. The first kappa shape index (κ1) is 15.3. The fourth-order valence-electron chi connectivity index (χ4n) is 2.18. The van der Waals surface area contributed by atoms with Gasteiger partial charge in [-0.3, -0.25) is 9.59 Å². The molecule has 0 saturated carbocycles. The molecule has 0 spiro atoms. The van der Waals surface area contributed by atoms with E-state index >= 15 is 0 Å².